The Bertz CT molecular complexity index is 362. The fourth-order valence-corrected chi connectivity index (χ4v) is 2.08. The molecule has 0 aliphatic heterocycles. The summed E-state index contributed by atoms with van der Waals surface area (Å²) in [5, 5.41) is 0. The first-order valence-corrected chi connectivity index (χ1v) is 5.86. The molecule has 0 saturated carbocycles. The van der Waals surface area contributed by atoms with Crippen LogP contribution in [-0.4, -0.2) is 30.7 Å². The number of anilines is 1. The van der Waals surface area contributed by atoms with Crippen molar-refractivity contribution in [1.82, 2.24) is 4.90 Å². The van der Waals surface area contributed by atoms with Gasteiger partial charge in [0.1, 0.15) is 5.82 Å². The predicted molar refractivity (Wildman–Crippen MR) is 64.8 cm³/mol. The number of halogens is 1. The van der Waals surface area contributed by atoms with Gasteiger partial charge in [-0.25, -0.2) is 4.39 Å². The van der Waals surface area contributed by atoms with Crippen molar-refractivity contribution in [3.8, 4) is 0 Å². The largest absolute Gasteiger partial charge is 0.399 e. The molecule has 1 amide bonds. The number of nitrogens with two attached hydrogens (primary N) is 1. The zero-order valence-corrected chi connectivity index (χ0v) is 10.2. The molecule has 1 aromatic rings. The molecule has 0 aliphatic carbocycles. The second-order valence-electron chi connectivity index (χ2n) is 3.61. The number of hydrogen-bond donors (Lipinski definition) is 1. The highest BCUT2D eigenvalue weighted by atomic mass is 32.2. The lowest BCUT2D eigenvalue weighted by Crippen LogP contribution is -2.21. The van der Waals surface area contributed by atoms with E-state index in [1.165, 1.54) is 23.9 Å². The molecule has 1 rings (SSSR count). The first-order chi connectivity index (χ1) is 7.49. The van der Waals surface area contributed by atoms with E-state index in [-0.39, 0.29) is 11.7 Å². The second kappa shape index (κ2) is 5.75. The van der Waals surface area contributed by atoms with Crippen LogP contribution in [0, 0.1) is 5.82 Å². The lowest BCUT2D eigenvalue weighted by molar-refractivity contribution is -0.128. The minimum Gasteiger partial charge on any atom is -0.399 e. The van der Waals surface area contributed by atoms with E-state index in [9.17, 15) is 9.18 Å². The summed E-state index contributed by atoms with van der Waals surface area (Å²) in [7, 11) is 3.43. The summed E-state index contributed by atoms with van der Waals surface area (Å²) in [4.78, 5) is 13.6. The summed E-state index contributed by atoms with van der Waals surface area (Å²) in [6.07, 6.45) is 0.439. The van der Waals surface area contributed by atoms with Gasteiger partial charge in [-0.2, -0.15) is 0 Å². The topological polar surface area (TPSA) is 46.3 Å². The van der Waals surface area contributed by atoms with Crippen molar-refractivity contribution in [1.29, 1.82) is 0 Å². The zero-order chi connectivity index (χ0) is 12.1. The Morgan fingerprint density at radius 1 is 1.44 bits per heavy atom. The third-order valence-electron chi connectivity index (χ3n) is 1.98. The average molecular weight is 242 g/mol. The SMILES string of the molecule is CN(C)C(=O)CCSc1cc(N)cc(F)c1. The van der Waals surface area contributed by atoms with Crippen LogP contribution in [0.25, 0.3) is 0 Å². The van der Waals surface area contributed by atoms with Gasteiger partial charge < -0.3 is 10.6 Å². The normalized spacial score (nSPS) is 10.2. The first-order valence-electron chi connectivity index (χ1n) is 4.88. The maximum atomic E-state index is 13.0. The molecule has 88 valence electrons. The molecule has 0 atom stereocenters. The van der Waals surface area contributed by atoms with E-state index >= 15 is 0 Å². The smallest absolute Gasteiger partial charge is 0.222 e. The fourth-order valence-electron chi connectivity index (χ4n) is 1.15. The highest BCUT2D eigenvalue weighted by molar-refractivity contribution is 7.99. The maximum absolute atomic E-state index is 13.0. The van der Waals surface area contributed by atoms with Crippen LogP contribution in [0.4, 0.5) is 10.1 Å². The third kappa shape index (κ3) is 4.10. The molecule has 0 aliphatic rings. The zero-order valence-electron chi connectivity index (χ0n) is 9.37. The molecule has 0 heterocycles. The number of carbonyl (C=O) groups excluding carboxylic acids is 1. The van der Waals surface area contributed by atoms with E-state index in [2.05, 4.69) is 0 Å². The van der Waals surface area contributed by atoms with Gasteiger partial charge in [0, 0.05) is 36.9 Å². The minimum absolute atomic E-state index is 0.0666. The number of rotatable bonds is 4. The Morgan fingerprint density at radius 3 is 2.69 bits per heavy atom. The summed E-state index contributed by atoms with van der Waals surface area (Å²) in [6, 6.07) is 4.39. The van der Waals surface area contributed by atoms with Crippen molar-refractivity contribution in [3.05, 3.63) is 24.0 Å². The van der Waals surface area contributed by atoms with Crippen molar-refractivity contribution < 1.29 is 9.18 Å². The van der Waals surface area contributed by atoms with E-state index in [1.807, 2.05) is 0 Å². The van der Waals surface area contributed by atoms with E-state index < -0.39 is 0 Å². The summed E-state index contributed by atoms with van der Waals surface area (Å²) >= 11 is 1.43. The molecule has 0 radical (unpaired) electrons. The van der Waals surface area contributed by atoms with Gasteiger partial charge in [0.15, 0.2) is 0 Å². The Morgan fingerprint density at radius 2 is 2.12 bits per heavy atom. The number of benzene rings is 1. The van der Waals surface area contributed by atoms with Gasteiger partial charge in [-0.05, 0) is 18.2 Å². The van der Waals surface area contributed by atoms with Crippen LogP contribution < -0.4 is 5.73 Å². The number of amides is 1. The Labute approximate surface area is 98.8 Å². The van der Waals surface area contributed by atoms with Gasteiger partial charge >= 0.3 is 0 Å². The molecule has 2 N–H and O–H groups in total. The molecule has 0 bridgehead atoms. The van der Waals surface area contributed by atoms with Crippen LogP contribution in [0.3, 0.4) is 0 Å². The van der Waals surface area contributed by atoms with E-state index in [0.717, 1.165) is 4.90 Å². The molecular weight excluding hydrogens is 227 g/mol. The van der Waals surface area contributed by atoms with Gasteiger partial charge in [0.05, 0.1) is 0 Å². The number of carbonyl (C=O) groups is 1. The van der Waals surface area contributed by atoms with Gasteiger partial charge in [-0.1, -0.05) is 0 Å². The molecule has 5 heteroatoms. The number of nitrogens with zero attached hydrogens (tertiary/aromatic N) is 1. The van der Waals surface area contributed by atoms with Gasteiger partial charge in [-0.3, -0.25) is 4.79 Å². The highest BCUT2D eigenvalue weighted by Gasteiger charge is 2.05. The summed E-state index contributed by atoms with van der Waals surface area (Å²) in [5.74, 6) is 0.346. The van der Waals surface area contributed by atoms with Gasteiger partial charge in [0.2, 0.25) is 5.91 Å². The van der Waals surface area contributed by atoms with E-state index in [0.29, 0.717) is 17.9 Å². The van der Waals surface area contributed by atoms with Crippen LogP contribution in [0.1, 0.15) is 6.42 Å². The number of thioether (sulfide) groups is 1. The highest BCUT2D eigenvalue weighted by Crippen LogP contribution is 2.22. The number of hydrogen-bond acceptors (Lipinski definition) is 3. The van der Waals surface area contributed by atoms with Crippen LogP contribution >= 0.6 is 11.8 Å². The first kappa shape index (κ1) is 12.8. The maximum Gasteiger partial charge on any atom is 0.222 e. The van der Waals surface area contributed by atoms with Gasteiger partial charge in [-0.15, -0.1) is 11.8 Å². The molecule has 16 heavy (non-hydrogen) atoms. The molecule has 0 saturated heterocycles. The van der Waals surface area contributed by atoms with Crippen LogP contribution in [-0.2, 0) is 4.79 Å². The summed E-state index contributed by atoms with van der Waals surface area (Å²) < 4.78 is 13.0. The van der Waals surface area contributed by atoms with Crippen molar-refractivity contribution in [2.75, 3.05) is 25.6 Å². The lowest BCUT2D eigenvalue weighted by atomic mass is 10.3. The number of nitrogen functional groups attached to an aromatic ring is 1. The van der Waals surface area contributed by atoms with E-state index in [4.69, 9.17) is 5.73 Å². The minimum atomic E-state index is -0.346. The molecule has 0 aromatic heterocycles. The Kier molecular flexibility index (Phi) is 4.61. The van der Waals surface area contributed by atoms with Crippen molar-refractivity contribution in [2.24, 2.45) is 0 Å². The standard InChI is InChI=1S/C11H15FN2OS/c1-14(2)11(15)3-4-16-10-6-8(12)5-9(13)7-10/h5-7H,3-4,13H2,1-2H3. The molecular formula is C11H15FN2OS. The van der Waals surface area contributed by atoms with Crippen molar-refractivity contribution in [2.45, 2.75) is 11.3 Å². The van der Waals surface area contributed by atoms with Crippen LogP contribution in [0.5, 0.6) is 0 Å². The third-order valence-corrected chi connectivity index (χ3v) is 2.95. The van der Waals surface area contributed by atoms with Gasteiger partial charge in [0.25, 0.3) is 0 Å². The van der Waals surface area contributed by atoms with Crippen molar-refractivity contribution >= 4 is 23.4 Å². The molecule has 3 nitrogen and oxygen atoms in total. The average Bonchev–Trinajstić information content (AvgIpc) is 2.15. The molecule has 1 aromatic carbocycles. The van der Waals surface area contributed by atoms with E-state index in [1.54, 1.807) is 25.1 Å². The quantitative estimate of drug-likeness (QED) is 0.648. The Hall–Kier alpha value is -1.23. The second-order valence-corrected chi connectivity index (χ2v) is 4.78. The predicted octanol–water partition coefficient (Wildman–Crippen LogP) is 1.98. The molecule has 0 spiro atoms. The molecule has 0 fully saturated rings. The Balaban J connectivity index is 2.46. The van der Waals surface area contributed by atoms with Crippen LogP contribution in [0.15, 0.2) is 23.1 Å². The monoisotopic (exact) mass is 242 g/mol. The fraction of sp³-hybridized carbons (Fsp3) is 0.364. The van der Waals surface area contributed by atoms with Crippen LogP contribution in [0.2, 0.25) is 0 Å². The lowest BCUT2D eigenvalue weighted by Gasteiger charge is -2.09. The van der Waals surface area contributed by atoms with Crippen molar-refractivity contribution in [3.63, 3.8) is 0 Å². The molecule has 0 unspecified atom stereocenters. The summed E-state index contributed by atoms with van der Waals surface area (Å²) in [5.41, 5.74) is 5.91. The summed E-state index contributed by atoms with van der Waals surface area (Å²) in [6.45, 7) is 0.